The summed E-state index contributed by atoms with van der Waals surface area (Å²) in [6, 6.07) is 0. The van der Waals surface area contributed by atoms with Gasteiger partial charge in [0.05, 0.1) is 0 Å². The van der Waals surface area contributed by atoms with Crippen molar-refractivity contribution >= 4 is 6.58 Å². The molecule has 0 aromatic heterocycles. The van der Waals surface area contributed by atoms with Gasteiger partial charge in [-0.05, 0) is 0 Å². The number of carbonyl (C=O) groups is 2. The third kappa shape index (κ3) is 2.99. The average molecular weight is 621 g/mol. The van der Waals surface area contributed by atoms with E-state index < -0.39 is 49.1 Å². The van der Waals surface area contributed by atoms with Crippen molar-refractivity contribution in [2.45, 2.75) is 47.0 Å². The Morgan fingerprint density at radius 1 is 1.11 bits per heavy atom. The first kappa shape index (κ1) is 15.3. The van der Waals surface area contributed by atoms with E-state index in [0.717, 1.165) is 11.8 Å². The minimum atomic E-state index is -1.60. The number of fused-ring (bicyclic) bond motifs is 2. The molecular weight excluding hydrogens is 601 g/mol. The van der Waals surface area contributed by atoms with Crippen LogP contribution in [0.15, 0.2) is 6.16 Å². The molecule has 0 spiro atoms. The van der Waals surface area contributed by atoms with Gasteiger partial charge in [0.2, 0.25) is 0 Å². The van der Waals surface area contributed by atoms with E-state index in [-0.39, 0.29) is 0 Å². The van der Waals surface area contributed by atoms with E-state index in [2.05, 4.69) is 13.8 Å². The summed E-state index contributed by atoms with van der Waals surface area (Å²) >= 11 is -3.19. The van der Waals surface area contributed by atoms with Crippen molar-refractivity contribution in [3.63, 3.8) is 0 Å². The molecule has 0 amide bonds. The zero-order valence-electron chi connectivity index (χ0n) is 12.0. The zero-order valence-corrected chi connectivity index (χ0v) is 23.0. The Morgan fingerprint density at radius 3 is 2.06 bits per heavy atom. The summed E-state index contributed by atoms with van der Waals surface area (Å²) in [6.45, 7) is 8.26. The van der Waals surface area contributed by atoms with Gasteiger partial charge in [-0.1, -0.05) is 0 Å². The SMILES string of the molecule is C[C](=O)[Hg][C]([Hg][C](C)=O)=C1[C@H]2CC[C@H](C2)C1(C)C. The molecule has 2 aliphatic rings. The van der Waals surface area contributed by atoms with E-state index in [1.807, 2.05) is 0 Å². The van der Waals surface area contributed by atoms with Crippen LogP contribution < -0.4 is 0 Å². The molecule has 2 fully saturated rings. The first-order valence-electron chi connectivity index (χ1n) is 7.03. The van der Waals surface area contributed by atoms with Gasteiger partial charge in [0.15, 0.2) is 0 Å². The van der Waals surface area contributed by atoms with Gasteiger partial charge in [-0.2, -0.15) is 0 Å². The molecule has 0 N–H and O–H groups in total. The first-order valence-corrected chi connectivity index (χ1v) is 18.0. The van der Waals surface area contributed by atoms with Gasteiger partial charge >= 0.3 is 136 Å². The fourth-order valence-electron chi connectivity index (χ4n) is 4.24. The summed E-state index contributed by atoms with van der Waals surface area (Å²) in [5, 5.41) is 0. The summed E-state index contributed by atoms with van der Waals surface area (Å²) in [5.41, 5.74) is 1.95. The second-order valence-corrected chi connectivity index (χ2v) is 38.9. The number of carbonyl (C=O) groups excluding carboxylic acids is 2. The van der Waals surface area contributed by atoms with Crippen LogP contribution in [0.1, 0.15) is 47.0 Å². The molecule has 0 radical (unpaired) electrons. The van der Waals surface area contributed by atoms with Gasteiger partial charge in [-0.15, -0.1) is 0 Å². The van der Waals surface area contributed by atoms with Crippen molar-refractivity contribution in [3.8, 4) is 0 Å². The molecule has 2 nitrogen and oxygen atoms in total. The Hall–Kier alpha value is 0.950. The zero-order chi connectivity index (χ0) is 13.5. The molecule has 2 saturated carbocycles. The molecule has 0 aliphatic heterocycles. The van der Waals surface area contributed by atoms with Crippen molar-refractivity contribution < 1.29 is 58.7 Å². The average Bonchev–Trinajstić information content (AvgIpc) is 2.72. The number of rotatable bonds is 4. The molecule has 2 bridgehead atoms. The second-order valence-electron chi connectivity index (χ2n) is 6.70. The van der Waals surface area contributed by atoms with Crippen molar-refractivity contribution in [2.24, 2.45) is 17.3 Å². The molecule has 92 valence electrons. The summed E-state index contributed by atoms with van der Waals surface area (Å²) in [6.07, 6.45) is 4.02. The third-order valence-electron chi connectivity index (χ3n) is 4.86. The quantitative estimate of drug-likeness (QED) is 0.453. The molecule has 0 aromatic rings. The Morgan fingerprint density at radius 2 is 1.67 bits per heavy atom. The van der Waals surface area contributed by atoms with E-state index in [4.69, 9.17) is 0 Å². The Kier molecular flexibility index (Phi) is 4.90. The number of allylic oxidation sites excluding steroid dienone is 1. The summed E-state index contributed by atoms with van der Waals surface area (Å²) in [5.74, 6) is 1.58. The molecule has 2 rings (SSSR count). The van der Waals surface area contributed by atoms with Gasteiger partial charge in [-0.3, -0.25) is 0 Å². The van der Waals surface area contributed by atoms with E-state index in [1.54, 1.807) is 20.0 Å². The maximum atomic E-state index is 11.6. The molecular formula is C14H20Hg2O2. The summed E-state index contributed by atoms with van der Waals surface area (Å²) < 4.78 is 2.49. The van der Waals surface area contributed by atoms with Crippen LogP contribution in [-0.4, -0.2) is 6.58 Å². The van der Waals surface area contributed by atoms with E-state index in [9.17, 15) is 9.59 Å². The third-order valence-corrected chi connectivity index (χ3v) is 32.1. The molecule has 0 heterocycles. The molecule has 0 saturated heterocycles. The predicted octanol–water partition coefficient (Wildman–Crippen LogP) is 2.91. The Labute approximate surface area is 134 Å². The van der Waals surface area contributed by atoms with Gasteiger partial charge in [0.1, 0.15) is 0 Å². The van der Waals surface area contributed by atoms with Crippen LogP contribution >= 0.6 is 0 Å². The van der Waals surface area contributed by atoms with Crippen molar-refractivity contribution in [1.29, 1.82) is 0 Å². The number of hydrogen-bond acceptors (Lipinski definition) is 2. The molecule has 2 aliphatic carbocycles. The summed E-state index contributed by atoms with van der Waals surface area (Å²) in [4.78, 5) is 23.2. The molecule has 0 unspecified atom stereocenters. The first-order chi connectivity index (χ1) is 8.32. The van der Waals surface area contributed by atoms with Crippen LogP contribution in [0.5, 0.6) is 0 Å². The Bertz CT molecular complexity index is 406. The van der Waals surface area contributed by atoms with Crippen LogP contribution in [-0.2, 0) is 58.7 Å². The molecule has 18 heavy (non-hydrogen) atoms. The topological polar surface area (TPSA) is 34.1 Å². The molecule has 2 atom stereocenters. The fourth-order valence-corrected chi connectivity index (χ4v) is 45.0. The standard InChI is InChI=1S/C10H14.2C2H3O.2Hg/c1-7-8-4-5-9(6-8)10(7,2)3;2*1-2-3;;/h8-9H,4-6H2,2-3H3;2*1H3;;/t8-,9+;;;;/m0..../s1. The van der Waals surface area contributed by atoms with Gasteiger partial charge < -0.3 is 0 Å². The summed E-state index contributed by atoms with van der Waals surface area (Å²) in [7, 11) is 0. The van der Waals surface area contributed by atoms with Crippen molar-refractivity contribution in [3.05, 3.63) is 6.16 Å². The predicted molar refractivity (Wildman–Crippen MR) is 63.0 cm³/mol. The fraction of sp³-hybridized carbons (Fsp3) is 0.714. The second kappa shape index (κ2) is 5.75. The minimum absolute atomic E-state index is 0.309. The van der Waals surface area contributed by atoms with Gasteiger partial charge in [-0.25, -0.2) is 0 Å². The van der Waals surface area contributed by atoms with Crippen LogP contribution in [0.4, 0.5) is 0 Å². The van der Waals surface area contributed by atoms with E-state index in [0.29, 0.717) is 12.0 Å². The normalized spacial score (nSPS) is 27.7. The van der Waals surface area contributed by atoms with Crippen molar-refractivity contribution in [2.75, 3.05) is 0 Å². The van der Waals surface area contributed by atoms with Gasteiger partial charge in [0, 0.05) is 0 Å². The maximum absolute atomic E-state index is 11.6. The monoisotopic (exact) mass is 624 g/mol. The van der Waals surface area contributed by atoms with Crippen molar-refractivity contribution in [1.82, 2.24) is 0 Å². The van der Waals surface area contributed by atoms with E-state index >= 15 is 0 Å². The molecule has 0 aromatic carbocycles. The van der Waals surface area contributed by atoms with Crippen LogP contribution in [0.25, 0.3) is 0 Å². The Balaban J connectivity index is 2.39. The van der Waals surface area contributed by atoms with Gasteiger partial charge in [0.25, 0.3) is 0 Å². The van der Waals surface area contributed by atoms with E-state index in [1.165, 1.54) is 19.3 Å². The number of hydrogen-bond donors (Lipinski definition) is 0. The van der Waals surface area contributed by atoms with Crippen LogP contribution in [0.3, 0.4) is 0 Å². The molecule has 4 heteroatoms. The van der Waals surface area contributed by atoms with Crippen LogP contribution in [0.2, 0.25) is 0 Å². The van der Waals surface area contributed by atoms with Crippen LogP contribution in [0, 0.1) is 17.3 Å².